The average Bonchev–Trinajstić information content (AvgIpc) is 2.66. The number of benzene rings is 2. The highest BCUT2D eigenvalue weighted by Crippen LogP contribution is 2.37. The molecule has 1 heterocycles. The monoisotopic (exact) mass is 363 g/mol. The van der Waals surface area contributed by atoms with Crippen molar-refractivity contribution in [3.8, 4) is 0 Å². The van der Waals surface area contributed by atoms with Gasteiger partial charge in [0.15, 0.2) is 0 Å². The Morgan fingerprint density at radius 1 is 1.19 bits per heavy atom. The van der Waals surface area contributed by atoms with Crippen LogP contribution in [0.5, 0.6) is 0 Å². The molecule has 2 aromatic carbocycles. The van der Waals surface area contributed by atoms with Crippen molar-refractivity contribution >= 4 is 0 Å². The lowest BCUT2D eigenvalue weighted by Gasteiger charge is -2.43. The number of ether oxygens (including phenoxy) is 2. The van der Waals surface area contributed by atoms with E-state index < -0.39 is 23.1 Å². The predicted octanol–water partition coefficient (Wildman–Crippen LogP) is 2.73. The highest BCUT2D eigenvalue weighted by molar-refractivity contribution is 5.29. The van der Waals surface area contributed by atoms with Crippen molar-refractivity contribution in [1.82, 2.24) is 0 Å². The molecule has 0 saturated carbocycles. The molecule has 1 saturated heterocycles. The van der Waals surface area contributed by atoms with Crippen LogP contribution in [0.2, 0.25) is 0 Å². The highest BCUT2D eigenvalue weighted by Gasteiger charge is 2.44. The summed E-state index contributed by atoms with van der Waals surface area (Å²) in [6, 6.07) is 12.9. The van der Waals surface area contributed by atoms with Crippen LogP contribution in [0.15, 0.2) is 48.5 Å². The maximum Gasteiger partial charge on any atom is 0.128 e. The maximum atomic E-state index is 14.2. The van der Waals surface area contributed by atoms with Crippen molar-refractivity contribution in [3.05, 3.63) is 71.3 Å². The second-order valence-electron chi connectivity index (χ2n) is 6.71. The number of aliphatic hydroxyl groups excluding tert-OH is 1. The fourth-order valence-electron chi connectivity index (χ4n) is 3.36. The molecule has 3 atom stereocenters. The predicted molar refractivity (Wildman–Crippen MR) is 93.3 cm³/mol. The first kappa shape index (κ1) is 18.9. The summed E-state index contributed by atoms with van der Waals surface area (Å²) in [4.78, 5) is 0. The van der Waals surface area contributed by atoms with Crippen LogP contribution in [0.3, 0.4) is 0 Å². The second kappa shape index (κ2) is 8.22. The molecule has 0 radical (unpaired) electrons. The van der Waals surface area contributed by atoms with E-state index in [9.17, 15) is 13.9 Å². The van der Waals surface area contributed by atoms with Crippen LogP contribution >= 0.6 is 0 Å². The Kier molecular flexibility index (Phi) is 5.98. The lowest BCUT2D eigenvalue weighted by Crippen LogP contribution is -2.56. The molecule has 0 aliphatic carbocycles. The van der Waals surface area contributed by atoms with E-state index >= 15 is 0 Å². The summed E-state index contributed by atoms with van der Waals surface area (Å²) >= 11 is 0. The Balaban J connectivity index is 1.64. The summed E-state index contributed by atoms with van der Waals surface area (Å²) in [6.07, 6.45) is 0.140. The molecule has 26 heavy (non-hydrogen) atoms. The van der Waals surface area contributed by atoms with Gasteiger partial charge in [-0.05, 0) is 30.2 Å². The van der Waals surface area contributed by atoms with Crippen molar-refractivity contribution in [1.29, 1.82) is 0 Å². The van der Waals surface area contributed by atoms with Gasteiger partial charge in [-0.2, -0.15) is 0 Å². The minimum absolute atomic E-state index is 0.0159. The van der Waals surface area contributed by atoms with Gasteiger partial charge in [0.2, 0.25) is 0 Å². The van der Waals surface area contributed by atoms with Gasteiger partial charge >= 0.3 is 0 Å². The summed E-state index contributed by atoms with van der Waals surface area (Å²) in [6.45, 7) is 0.535. The Morgan fingerprint density at radius 2 is 1.96 bits per heavy atom. The van der Waals surface area contributed by atoms with E-state index in [1.165, 1.54) is 0 Å². The first-order valence-corrected chi connectivity index (χ1v) is 8.61. The van der Waals surface area contributed by atoms with Crippen LogP contribution in [0.1, 0.15) is 17.5 Å². The number of nitrogens with two attached hydrogens (primary N) is 1. The molecule has 0 unspecified atom stereocenters. The third-order valence-corrected chi connectivity index (χ3v) is 4.90. The van der Waals surface area contributed by atoms with E-state index in [2.05, 4.69) is 0 Å². The number of aliphatic hydroxyl groups is 1. The van der Waals surface area contributed by atoms with Crippen LogP contribution in [-0.4, -0.2) is 31.0 Å². The van der Waals surface area contributed by atoms with E-state index in [-0.39, 0.29) is 24.9 Å². The second-order valence-corrected chi connectivity index (χ2v) is 6.71. The minimum atomic E-state index is -1.28. The maximum absolute atomic E-state index is 14.2. The standard InChI is InChI=1S/C20H23F2NO3/c21-16-6-7-19(22)18(9-16)20(23)13-26-17(8-15(20)10-24)12-25-11-14-4-2-1-3-5-14/h1-7,9,15,17,24H,8,10-13,23H2/t15-,17+,20-/m0/s1. The molecule has 0 aromatic heterocycles. The normalized spacial score (nSPS) is 26.0. The van der Waals surface area contributed by atoms with E-state index in [1.807, 2.05) is 30.3 Å². The van der Waals surface area contributed by atoms with Gasteiger partial charge in [0.05, 0.1) is 31.5 Å². The van der Waals surface area contributed by atoms with Crippen LogP contribution in [0.4, 0.5) is 8.78 Å². The summed E-state index contributed by atoms with van der Waals surface area (Å²) in [5.74, 6) is -1.64. The quantitative estimate of drug-likeness (QED) is 0.828. The summed E-state index contributed by atoms with van der Waals surface area (Å²) < 4.78 is 39.2. The lowest BCUT2D eigenvalue weighted by molar-refractivity contribution is -0.106. The first-order valence-electron chi connectivity index (χ1n) is 8.61. The molecule has 6 heteroatoms. The zero-order valence-electron chi connectivity index (χ0n) is 14.4. The van der Waals surface area contributed by atoms with Crippen molar-refractivity contribution in [2.75, 3.05) is 19.8 Å². The van der Waals surface area contributed by atoms with Crippen molar-refractivity contribution < 1.29 is 23.4 Å². The third-order valence-electron chi connectivity index (χ3n) is 4.90. The van der Waals surface area contributed by atoms with Gasteiger partial charge in [-0.3, -0.25) is 0 Å². The van der Waals surface area contributed by atoms with E-state index in [0.29, 0.717) is 19.6 Å². The van der Waals surface area contributed by atoms with Gasteiger partial charge in [0.25, 0.3) is 0 Å². The third kappa shape index (κ3) is 4.10. The van der Waals surface area contributed by atoms with Gasteiger partial charge in [-0.1, -0.05) is 30.3 Å². The van der Waals surface area contributed by atoms with E-state index in [1.54, 1.807) is 0 Å². The Labute approximate surface area is 151 Å². The molecule has 1 fully saturated rings. The Bertz CT molecular complexity index is 728. The molecule has 0 bridgehead atoms. The molecule has 4 nitrogen and oxygen atoms in total. The molecule has 0 spiro atoms. The fourth-order valence-corrected chi connectivity index (χ4v) is 3.36. The van der Waals surface area contributed by atoms with Crippen LogP contribution in [0, 0.1) is 17.6 Å². The van der Waals surface area contributed by atoms with Gasteiger partial charge in [0, 0.05) is 18.1 Å². The number of hydrogen-bond donors (Lipinski definition) is 2. The lowest BCUT2D eigenvalue weighted by atomic mass is 9.75. The molecule has 140 valence electrons. The zero-order valence-corrected chi connectivity index (χ0v) is 14.4. The largest absolute Gasteiger partial charge is 0.396 e. The number of hydrogen-bond acceptors (Lipinski definition) is 4. The first-order chi connectivity index (χ1) is 12.5. The highest BCUT2D eigenvalue weighted by atomic mass is 19.1. The van der Waals surface area contributed by atoms with Gasteiger partial charge in [0.1, 0.15) is 11.6 Å². The minimum Gasteiger partial charge on any atom is -0.396 e. The van der Waals surface area contributed by atoms with Gasteiger partial charge < -0.3 is 20.3 Å². The van der Waals surface area contributed by atoms with Crippen molar-refractivity contribution in [2.45, 2.75) is 24.7 Å². The summed E-state index contributed by atoms with van der Waals surface area (Å²) in [5.41, 5.74) is 6.15. The van der Waals surface area contributed by atoms with Gasteiger partial charge in [-0.25, -0.2) is 8.78 Å². The topological polar surface area (TPSA) is 64.7 Å². The molecule has 1 aliphatic heterocycles. The molecule has 3 rings (SSSR count). The smallest absolute Gasteiger partial charge is 0.128 e. The Hall–Kier alpha value is -1.86. The summed E-state index contributed by atoms with van der Waals surface area (Å²) in [7, 11) is 0. The van der Waals surface area contributed by atoms with Crippen LogP contribution in [-0.2, 0) is 21.6 Å². The van der Waals surface area contributed by atoms with E-state index in [4.69, 9.17) is 15.2 Å². The zero-order chi connectivity index (χ0) is 18.6. The van der Waals surface area contributed by atoms with E-state index in [0.717, 1.165) is 23.8 Å². The van der Waals surface area contributed by atoms with Crippen molar-refractivity contribution in [3.63, 3.8) is 0 Å². The molecule has 1 aliphatic rings. The molecule has 3 N–H and O–H groups in total. The van der Waals surface area contributed by atoms with Gasteiger partial charge in [-0.15, -0.1) is 0 Å². The number of rotatable bonds is 6. The van der Waals surface area contributed by atoms with Crippen LogP contribution in [0.25, 0.3) is 0 Å². The van der Waals surface area contributed by atoms with Crippen LogP contribution < -0.4 is 5.73 Å². The molecule has 2 aromatic rings. The molecule has 0 amide bonds. The fraction of sp³-hybridized carbons (Fsp3) is 0.400. The number of halogens is 2. The summed E-state index contributed by atoms with van der Waals surface area (Å²) in [5, 5.41) is 9.78. The average molecular weight is 363 g/mol. The molecular formula is C20H23F2NO3. The SMILES string of the molecule is N[C@@]1(c2cc(F)ccc2F)CO[C@@H](COCc2ccccc2)C[C@H]1CO. The molecular weight excluding hydrogens is 340 g/mol. The Morgan fingerprint density at radius 3 is 2.69 bits per heavy atom. The van der Waals surface area contributed by atoms with Crippen molar-refractivity contribution in [2.24, 2.45) is 11.7 Å².